The maximum absolute atomic E-state index is 5.16. The fourth-order valence-corrected chi connectivity index (χ4v) is 21.3. The number of hydrogen-bond acceptors (Lipinski definition) is 5. The Morgan fingerprint density at radius 1 is 0.566 bits per heavy atom. The minimum absolute atomic E-state index is 0.0333. The summed E-state index contributed by atoms with van der Waals surface area (Å²) in [6.07, 6.45) is 36.9. The lowest BCUT2D eigenvalue weighted by atomic mass is 9.56. The Morgan fingerprint density at radius 3 is 1.60 bits per heavy atom. The number of thiophene rings is 1. The number of thioether (sulfide) groups is 1. The van der Waals surface area contributed by atoms with E-state index in [1.165, 1.54) is 173 Å². The van der Waals surface area contributed by atoms with Gasteiger partial charge in [0.25, 0.3) is 0 Å². The molecule has 0 fully saturated rings. The van der Waals surface area contributed by atoms with Crippen LogP contribution >= 0.6 is 34.8 Å². The van der Waals surface area contributed by atoms with Crippen molar-refractivity contribution in [1.82, 2.24) is 8.75 Å². The van der Waals surface area contributed by atoms with Crippen molar-refractivity contribution >= 4 is 66.4 Å². The van der Waals surface area contributed by atoms with Crippen LogP contribution in [0.2, 0.25) is 0 Å². The van der Waals surface area contributed by atoms with Gasteiger partial charge in [-0.2, -0.15) is 8.75 Å². The van der Waals surface area contributed by atoms with Crippen LogP contribution in [0.3, 0.4) is 0 Å². The standard InChI is InChI=1S/C78H116N2S3/c1-19-29-33-53(23-5)45-77(46-54(24-6)34-30-20-2)64-40-58-41-67(59-37-38-62(73-72(59)79-83-80-73)75(17,27-9)49(11)12)82-74(58)52(16)70(64)69-51(15)71-61(43-65(69)77)60-44-66-57(42-68(81-66)76(18,28-10)50(13)14)39-63(60)78(71,47-55(25-7)35-31-21-3)48-56(26-8)36-32-22-4/h37-44,49-56,71,74H,19-36,45-48H2,1-18H3. The van der Waals surface area contributed by atoms with Crippen LogP contribution in [-0.4, -0.2) is 14.0 Å². The molecule has 4 aromatic rings. The lowest BCUT2D eigenvalue weighted by Gasteiger charge is -2.47. The highest BCUT2D eigenvalue weighted by molar-refractivity contribution is 8.09. The lowest BCUT2D eigenvalue weighted by Crippen LogP contribution is -2.41. The Kier molecular flexibility index (Phi) is 21.0. The molecule has 2 nitrogen and oxygen atoms in total. The zero-order chi connectivity index (χ0) is 59.8. The molecule has 1 aliphatic heterocycles. The van der Waals surface area contributed by atoms with Crippen molar-refractivity contribution < 1.29 is 0 Å². The minimum Gasteiger partial charge on any atom is -0.173 e. The smallest absolute Gasteiger partial charge is 0.113 e. The van der Waals surface area contributed by atoms with Gasteiger partial charge in [-0.05, 0) is 171 Å². The molecule has 10 atom stereocenters. The van der Waals surface area contributed by atoms with Crippen LogP contribution in [0.4, 0.5) is 0 Å². The van der Waals surface area contributed by atoms with Crippen LogP contribution in [0.15, 0.2) is 76.4 Å². The fourth-order valence-electron chi connectivity index (χ4n) is 17.9. The number of hydrogen-bond donors (Lipinski definition) is 0. The number of benzene rings is 2. The second-order valence-electron chi connectivity index (χ2n) is 29.2. The topological polar surface area (TPSA) is 25.8 Å². The van der Waals surface area contributed by atoms with Crippen molar-refractivity contribution in [3.8, 4) is 0 Å². The Hall–Kier alpha value is -2.73. The van der Waals surface area contributed by atoms with Gasteiger partial charge in [0.15, 0.2) is 0 Å². The first-order valence-corrected chi connectivity index (χ1v) is 37.5. The number of fused-ring (bicyclic) bond motifs is 7. The van der Waals surface area contributed by atoms with Crippen LogP contribution in [0.5, 0.6) is 0 Å². The van der Waals surface area contributed by atoms with Gasteiger partial charge in [0.2, 0.25) is 0 Å². The van der Waals surface area contributed by atoms with E-state index in [1.54, 1.807) is 43.9 Å². The molecule has 3 heterocycles. The Bertz CT molecular complexity index is 3020. The summed E-state index contributed by atoms with van der Waals surface area (Å²) in [5.74, 6) is 5.15. The van der Waals surface area contributed by atoms with Crippen LogP contribution in [0.1, 0.15) is 293 Å². The van der Waals surface area contributed by atoms with E-state index >= 15 is 0 Å². The summed E-state index contributed by atoms with van der Waals surface area (Å²) in [5.41, 5.74) is 19.0. The third-order valence-electron chi connectivity index (χ3n) is 24.3. The highest BCUT2D eigenvalue weighted by Gasteiger charge is 2.60. The summed E-state index contributed by atoms with van der Waals surface area (Å²) in [7, 11) is 0. The molecule has 2 aromatic carbocycles. The summed E-state index contributed by atoms with van der Waals surface area (Å²) in [6.45, 7) is 44.9. The van der Waals surface area contributed by atoms with E-state index in [4.69, 9.17) is 8.75 Å². The highest BCUT2D eigenvalue weighted by Crippen LogP contribution is 2.71. The second-order valence-corrected chi connectivity index (χ2v) is 32.0. The maximum Gasteiger partial charge on any atom is 0.113 e. The molecule has 2 aromatic heterocycles. The summed E-state index contributed by atoms with van der Waals surface area (Å²) in [4.78, 5) is 3.00. The van der Waals surface area contributed by atoms with Gasteiger partial charge in [0, 0.05) is 47.5 Å². The summed E-state index contributed by atoms with van der Waals surface area (Å²) < 4.78 is 11.8. The first-order valence-electron chi connectivity index (χ1n) is 35.0. The van der Waals surface area contributed by atoms with Crippen LogP contribution in [0.25, 0.3) is 31.6 Å². The largest absolute Gasteiger partial charge is 0.173 e. The molecule has 0 amide bonds. The average molecular weight is 1180 g/mol. The number of aromatic nitrogens is 2. The van der Waals surface area contributed by atoms with Crippen molar-refractivity contribution in [2.45, 2.75) is 287 Å². The van der Waals surface area contributed by atoms with Crippen molar-refractivity contribution in [2.75, 3.05) is 0 Å². The number of rotatable bonds is 31. The molecule has 456 valence electrons. The molecular formula is C78H116N2S3. The number of allylic oxidation sites excluding steroid dienone is 8. The third-order valence-corrected chi connectivity index (χ3v) is 27.8. The van der Waals surface area contributed by atoms with Gasteiger partial charge in [-0.1, -0.05) is 252 Å². The van der Waals surface area contributed by atoms with Gasteiger partial charge >= 0.3 is 0 Å². The molecule has 9 rings (SSSR count). The average Bonchev–Trinajstić information content (AvgIpc) is 2.11. The predicted molar refractivity (Wildman–Crippen MR) is 371 cm³/mol. The quantitative estimate of drug-likeness (QED) is 0.0502. The van der Waals surface area contributed by atoms with E-state index in [9.17, 15) is 0 Å². The summed E-state index contributed by atoms with van der Waals surface area (Å²) in [5, 5.41) is 1.89. The molecular weight excluding hydrogens is 1060 g/mol. The number of unbranched alkanes of at least 4 members (excludes halogenated alkanes) is 4. The van der Waals surface area contributed by atoms with E-state index in [-0.39, 0.29) is 21.7 Å². The highest BCUT2D eigenvalue weighted by atomic mass is 32.2. The SMILES string of the molecule is CCCCC(CC)CC1(CC(CC)CCCC)C2=C(C3=C1C=C1c4cc5sc(C(C)(CC)C(C)C)cc5cc4C(CC(CC)CCCC)(CC(CC)CCCC)C1C3C)C(C)C1SC(c3ccc(C(C)(CC)C(C)C)c4nsnc34)=CC1=C2. The van der Waals surface area contributed by atoms with E-state index in [0.717, 1.165) is 17.5 Å². The Labute approximate surface area is 521 Å². The van der Waals surface area contributed by atoms with Gasteiger partial charge in [-0.25, -0.2) is 0 Å². The predicted octanol–water partition coefficient (Wildman–Crippen LogP) is 25.2. The molecule has 5 aliphatic rings. The number of nitrogens with zero attached hydrogens (tertiary/aromatic N) is 2. The fraction of sp³-hybridized carbons (Fsp3) is 0.692. The molecule has 83 heavy (non-hydrogen) atoms. The van der Waals surface area contributed by atoms with Gasteiger partial charge < -0.3 is 0 Å². The summed E-state index contributed by atoms with van der Waals surface area (Å²) in [6, 6.07) is 13.3. The lowest BCUT2D eigenvalue weighted by molar-refractivity contribution is 0.165. The van der Waals surface area contributed by atoms with Gasteiger partial charge in [-0.3, -0.25) is 0 Å². The molecule has 10 unspecified atom stereocenters. The summed E-state index contributed by atoms with van der Waals surface area (Å²) >= 11 is 5.71. The Morgan fingerprint density at radius 2 is 1.08 bits per heavy atom. The molecule has 0 N–H and O–H groups in total. The zero-order valence-electron chi connectivity index (χ0n) is 56.1. The van der Waals surface area contributed by atoms with E-state index in [0.29, 0.717) is 58.5 Å². The van der Waals surface area contributed by atoms with Crippen molar-refractivity contribution in [2.24, 2.45) is 58.7 Å². The van der Waals surface area contributed by atoms with Gasteiger partial charge in [0.05, 0.1) is 11.7 Å². The van der Waals surface area contributed by atoms with Gasteiger partial charge in [0.1, 0.15) is 11.0 Å². The van der Waals surface area contributed by atoms with Crippen molar-refractivity contribution in [1.29, 1.82) is 0 Å². The van der Waals surface area contributed by atoms with E-state index in [2.05, 4.69) is 196 Å². The molecule has 0 saturated heterocycles. The first-order chi connectivity index (χ1) is 39.9. The minimum atomic E-state index is -0.0333. The molecule has 0 radical (unpaired) electrons. The van der Waals surface area contributed by atoms with Crippen molar-refractivity contribution in [3.05, 3.63) is 104 Å². The normalized spacial score (nSPS) is 26.0. The van der Waals surface area contributed by atoms with Crippen LogP contribution in [-0.2, 0) is 16.2 Å². The first kappa shape index (κ1) is 64.7. The van der Waals surface area contributed by atoms with Crippen LogP contribution in [0, 0.1) is 58.7 Å². The third kappa shape index (κ3) is 11.6. The maximum atomic E-state index is 5.16. The monoisotopic (exact) mass is 1180 g/mol. The molecule has 5 heteroatoms. The zero-order valence-corrected chi connectivity index (χ0v) is 58.5. The van der Waals surface area contributed by atoms with Crippen molar-refractivity contribution in [3.63, 3.8) is 0 Å². The van der Waals surface area contributed by atoms with E-state index < -0.39 is 0 Å². The second kappa shape index (κ2) is 26.9. The molecule has 0 spiro atoms. The Balaban J connectivity index is 1.32. The van der Waals surface area contributed by atoms with Crippen LogP contribution < -0.4 is 0 Å². The molecule has 0 saturated carbocycles. The molecule has 4 aliphatic carbocycles. The van der Waals surface area contributed by atoms with Gasteiger partial charge in [-0.15, -0.1) is 23.1 Å². The molecule has 0 bridgehead atoms. The van der Waals surface area contributed by atoms with E-state index in [1.807, 2.05) is 5.57 Å².